The van der Waals surface area contributed by atoms with Crippen molar-refractivity contribution in [2.45, 2.75) is 6.61 Å². The maximum Gasteiger partial charge on any atom is 0.343 e. The molecular weight excluding hydrogens is 547 g/mol. The molecule has 5 rings (SSSR count). The third-order valence-electron chi connectivity index (χ3n) is 6.03. The second kappa shape index (κ2) is 12.5. The molecule has 0 radical (unpaired) electrons. The second-order valence-electron chi connectivity index (χ2n) is 8.70. The van der Waals surface area contributed by atoms with Crippen molar-refractivity contribution in [3.8, 4) is 11.5 Å². The van der Waals surface area contributed by atoms with Crippen LogP contribution in [0.25, 0.3) is 10.8 Å². The van der Waals surface area contributed by atoms with Crippen molar-refractivity contribution in [3.05, 3.63) is 141 Å². The minimum atomic E-state index is -0.491. The summed E-state index contributed by atoms with van der Waals surface area (Å²) in [4.78, 5) is 25.4. The van der Waals surface area contributed by atoms with Gasteiger partial charge in [-0.2, -0.15) is 5.10 Å². The lowest BCUT2D eigenvalue weighted by molar-refractivity contribution is 0.0734. The minimum absolute atomic E-state index is 0.258. The fourth-order valence-electron chi connectivity index (χ4n) is 3.95. The lowest BCUT2D eigenvalue weighted by Gasteiger charge is -2.11. The van der Waals surface area contributed by atoms with E-state index in [1.807, 2.05) is 36.4 Å². The number of amides is 1. The average Bonchev–Trinajstić information content (AvgIpc) is 2.98. The van der Waals surface area contributed by atoms with E-state index in [1.54, 1.807) is 72.8 Å². The molecule has 0 aliphatic rings. The standard InChI is InChI=1S/C32H22Cl2N2O4/c33-25-14-10-24(29(34)18-25)20-39-26-15-11-22(12-16-26)31(37)36-35-19-28-27-9-5-4-6-21(27)13-17-30(28)40-32(38)23-7-2-1-3-8-23/h1-19H,20H2,(H,36,37)/b35-19+. The molecule has 0 atom stereocenters. The van der Waals surface area contributed by atoms with Gasteiger partial charge in [0.25, 0.3) is 5.91 Å². The molecule has 0 saturated carbocycles. The van der Waals surface area contributed by atoms with E-state index in [0.717, 1.165) is 16.3 Å². The number of ether oxygens (including phenoxy) is 2. The van der Waals surface area contributed by atoms with Crippen molar-refractivity contribution >= 4 is 52.1 Å². The van der Waals surface area contributed by atoms with Gasteiger partial charge in [-0.3, -0.25) is 4.79 Å². The summed E-state index contributed by atoms with van der Waals surface area (Å²) >= 11 is 12.1. The van der Waals surface area contributed by atoms with Crippen LogP contribution in [0.15, 0.2) is 114 Å². The number of benzene rings is 5. The highest BCUT2D eigenvalue weighted by Gasteiger charge is 2.14. The van der Waals surface area contributed by atoms with Crippen molar-refractivity contribution in [3.63, 3.8) is 0 Å². The van der Waals surface area contributed by atoms with Crippen molar-refractivity contribution in [2.24, 2.45) is 5.10 Å². The van der Waals surface area contributed by atoms with Crippen molar-refractivity contribution in [1.82, 2.24) is 5.43 Å². The first kappa shape index (κ1) is 26.9. The molecule has 0 aliphatic heterocycles. The molecule has 5 aromatic rings. The third kappa shape index (κ3) is 6.49. The fraction of sp³-hybridized carbons (Fsp3) is 0.0312. The number of esters is 1. The van der Waals surface area contributed by atoms with Gasteiger partial charge >= 0.3 is 5.97 Å². The Morgan fingerprint density at radius 1 is 0.800 bits per heavy atom. The summed E-state index contributed by atoms with van der Waals surface area (Å²) in [6.45, 7) is 0.258. The van der Waals surface area contributed by atoms with Gasteiger partial charge in [-0.15, -0.1) is 0 Å². The molecule has 0 saturated heterocycles. The highest BCUT2D eigenvalue weighted by atomic mass is 35.5. The molecule has 40 heavy (non-hydrogen) atoms. The monoisotopic (exact) mass is 568 g/mol. The first-order chi connectivity index (χ1) is 19.5. The molecule has 0 spiro atoms. The number of carbonyl (C=O) groups is 2. The van der Waals surface area contributed by atoms with E-state index in [1.165, 1.54) is 6.21 Å². The molecule has 6 nitrogen and oxygen atoms in total. The van der Waals surface area contributed by atoms with Crippen LogP contribution in [0, 0.1) is 0 Å². The van der Waals surface area contributed by atoms with E-state index in [9.17, 15) is 9.59 Å². The van der Waals surface area contributed by atoms with Crippen LogP contribution >= 0.6 is 23.2 Å². The van der Waals surface area contributed by atoms with Crippen LogP contribution in [0.1, 0.15) is 31.8 Å². The molecule has 1 N–H and O–H groups in total. The van der Waals surface area contributed by atoms with Gasteiger partial charge in [-0.1, -0.05) is 77.8 Å². The zero-order valence-electron chi connectivity index (χ0n) is 21.0. The maximum atomic E-state index is 12.7. The Morgan fingerprint density at radius 2 is 1.55 bits per heavy atom. The van der Waals surface area contributed by atoms with Gasteiger partial charge in [0.15, 0.2) is 0 Å². The Labute approximate surface area is 240 Å². The molecule has 0 fully saturated rings. The predicted molar refractivity (Wildman–Crippen MR) is 158 cm³/mol. The summed E-state index contributed by atoms with van der Waals surface area (Å²) in [5, 5.41) is 6.98. The Hall–Kier alpha value is -4.65. The van der Waals surface area contributed by atoms with Crippen LogP contribution in [0.2, 0.25) is 10.0 Å². The van der Waals surface area contributed by atoms with Gasteiger partial charge in [0, 0.05) is 26.7 Å². The Bertz CT molecular complexity index is 1700. The molecule has 0 aliphatic carbocycles. The molecule has 8 heteroatoms. The predicted octanol–water partition coefficient (Wildman–Crippen LogP) is 7.71. The highest BCUT2D eigenvalue weighted by Crippen LogP contribution is 2.28. The SMILES string of the molecule is O=C(N/N=C/c1c(OC(=O)c2ccccc2)ccc2ccccc12)c1ccc(OCc2ccc(Cl)cc2Cl)cc1. The molecule has 198 valence electrons. The number of fused-ring (bicyclic) bond motifs is 1. The molecular formula is C32H22Cl2N2O4. The number of halogens is 2. The Kier molecular flexibility index (Phi) is 8.40. The summed E-state index contributed by atoms with van der Waals surface area (Å²) < 4.78 is 11.5. The van der Waals surface area contributed by atoms with Gasteiger partial charge in [0.05, 0.1) is 11.8 Å². The van der Waals surface area contributed by atoms with Gasteiger partial charge in [-0.25, -0.2) is 10.2 Å². The fourth-order valence-corrected chi connectivity index (χ4v) is 4.42. The Morgan fingerprint density at radius 3 is 2.33 bits per heavy atom. The average molecular weight is 569 g/mol. The molecule has 0 heterocycles. The zero-order valence-corrected chi connectivity index (χ0v) is 22.5. The summed E-state index contributed by atoms with van der Waals surface area (Å²) in [5.41, 5.74) is 4.71. The number of nitrogens with zero attached hydrogens (tertiary/aromatic N) is 1. The van der Waals surface area contributed by atoms with Crippen LogP contribution in [-0.4, -0.2) is 18.1 Å². The lowest BCUT2D eigenvalue weighted by atomic mass is 10.0. The smallest absolute Gasteiger partial charge is 0.343 e. The molecule has 0 bridgehead atoms. The summed E-state index contributed by atoms with van der Waals surface area (Å²) in [5.74, 6) is 0.00126. The van der Waals surface area contributed by atoms with Crippen LogP contribution in [0.4, 0.5) is 0 Å². The van der Waals surface area contributed by atoms with Crippen molar-refractivity contribution in [1.29, 1.82) is 0 Å². The first-order valence-electron chi connectivity index (χ1n) is 12.3. The number of carbonyl (C=O) groups excluding carboxylic acids is 2. The largest absolute Gasteiger partial charge is 0.489 e. The van der Waals surface area contributed by atoms with Gasteiger partial charge in [-0.05, 0) is 65.4 Å². The minimum Gasteiger partial charge on any atom is -0.489 e. The Balaban J connectivity index is 1.27. The van der Waals surface area contributed by atoms with E-state index < -0.39 is 11.9 Å². The quantitative estimate of drug-likeness (QED) is 0.0899. The van der Waals surface area contributed by atoms with Crippen LogP contribution in [0.5, 0.6) is 11.5 Å². The topological polar surface area (TPSA) is 77.0 Å². The number of nitrogens with one attached hydrogen (secondary N) is 1. The number of hydrazone groups is 1. The van der Waals surface area contributed by atoms with E-state index >= 15 is 0 Å². The summed E-state index contributed by atoms with van der Waals surface area (Å²) in [7, 11) is 0. The number of hydrogen-bond acceptors (Lipinski definition) is 5. The van der Waals surface area contributed by atoms with Crippen LogP contribution in [0.3, 0.4) is 0 Å². The first-order valence-corrected chi connectivity index (χ1v) is 13.0. The maximum absolute atomic E-state index is 12.7. The molecule has 0 unspecified atom stereocenters. The third-order valence-corrected chi connectivity index (χ3v) is 6.62. The van der Waals surface area contributed by atoms with E-state index in [2.05, 4.69) is 10.5 Å². The van der Waals surface area contributed by atoms with Gasteiger partial charge in [0.2, 0.25) is 0 Å². The van der Waals surface area contributed by atoms with E-state index in [0.29, 0.717) is 38.2 Å². The van der Waals surface area contributed by atoms with E-state index in [4.69, 9.17) is 32.7 Å². The summed E-state index contributed by atoms with van der Waals surface area (Å²) in [6, 6.07) is 31.8. The number of hydrogen-bond donors (Lipinski definition) is 1. The summed E-state index contributed by atoms with van der Waals surface area (Å²) in [6.07, 6.45) is 1.47. The van der Waals surface area contributed by atoms with Crippen LogP contribution < -0.4 is 14.9 Å². The van der Waals surface area contributed by atoms with Crippen molar-refractivity contribution in [2.75, 3.05) is 0 Å². The van der Waals surface area contributed by atoms with Gasteiger partial charge < -0.3 is 9.47 Å². The van der Waals surface area contributed by atoms with Crippen molar-refractivity contribution < 1.29 is 19.1 Å². The van der Waals surface area contributed by atoms with Gasteiger partial charge in [0.1, 0.15) is 18.1 Å². The lowest BCUT2D eigenvalue weighted by Crippen LogP contribution is -2.17. The molecule has 1 amide bonds. The highest BCUT2D eigenvalue weighted by molar-refractivity contribution is 6.35. The molecule has 5 aromatic carbocycles. The van der Waals surface area contributed by atoms with E-state index in [-0.39, 0.29) is 6.61 Å². The second-order valence-corrected chi connectivity index (χ2v) is 9.55. The zero-order chi connectivity index (χ0) is 27.9. The number of rotatable bonds is 8. The van der Waals surface area contributed by atoms with Crippen LogP contribution in [-0.2, 0) is 6.61 Å². The normalized spacial score (nSPS) is 10.9. The molecule has 0 aromatic heterocycles.